The molecule has 14 heavy (non-hydrogen) atoms. The van der Waals surface area contributed by atoms with Crippen molar-refractivity contribution in [2.45, 2.75) is 39.3 Å². The number of carbonyl (C=O) groups is 1. The summed E-state index contributed by atoms with van der Waals surface area (Å²) in [7, 11) is -2.90. The molecule has 1 aliphatic heterocycles. The van der Waals surface area contributed by atoms with Crippen molar-refractivity contribution in [3.63, 3.8) is 0 Å². The number of amides is 1. The quantitative estimate of drug-likeness (QED) is 0.677. The Kier molecular flexibility index (Phi) is 3.19. The van der Waals surface area contributed by atoms with Crippen LogP contribution in [0.4, 0.5) is 0 Å². The van der Waals surface area contributed by atoms with Gasteiger partial charge in [-0.1, -0.05) is 0 Å². The monoisotopic (exact) mass is 219 g/mol. The number of hydrogen-bond donors (Lipinski definition) is 0. The fraction of sp³-hybridized carbons (Fsp3) is 0.889. The molecule has 1 saturated heterocycles. The van der Waals surface area contributed by atoms with Crippen LogP contribution >= 0.6 is 0 Å². The Bertz CT molecular complexity index is 321. The Balaban J connectivity index is 2.78. The van der Waals surface area contributed by atoms with Crippen LogP contribution in [-0.4, -0.2) is 42.8 Å². The molecule has 1 atom stereocenters. The first kappa shape index (κ1) is 11.5. The normalized spacial score (nSPS) is 25.3. The summed E-state index contributed by atoms with van der Waals surface area (Å²) in [5.41, 5.74) is 0. The van der Waals surface area contributed by atoms with E-state index in [9.17, 15) is 13.2 Å². The molecule has 1 aliphatic rings. The molecule has 1 heterocycles. The number of nitrogens with zero attached hydrogens (tertiary/aromatic N) is 1. The van der Waals surface area contributed by atoms with Gasteiger partial charge >= 0.3 is 0 Å². The molecule has 0 aromatic heterocycles. The third-order valence-corrected chi connectivity index (χ3v) is 4.27. The molecular formula is C9H17NO3S. The highest BCUT2D eigenvalue weighted by Gasteiger charge is 2.34. The summed E-state index contributed by atoms with van der Waals surface area (Å²) in [4.78, 5) is 13.0. The molecule has 1 fully saturated rings. The van der Waals surface area contributed by atoms with Gasteiger partial charge in [0, 0.05) is 19.0 Å². The highest BCUT2D eigenvalue weighted by Crippen LogP contribution is 2.19. The lowest BCUT2D eigenvalue weighted by molar-refractivity contribution is -0.132. The standard InChI is InChI=1S/C9H17NO3S/c1-7(2)10(8(3)11)9-4-5-14(12,13)6-9/h7,9H,4-6H2,1-3H3. The van der Waals surface area contributed by atoms with E-state index in [1.54, 1.807) is 4.90 Å². The molecule has 1 rings (SSSR count). The second kappa shape index (κ2) is 3.88. The van der Waals surface area contributed by atoms with Crippen LogP contribution in [0.15, 0.2) is 0 Å². The Morgan fingerprint density at radius 2 is 2.00 bits per heavy atom. The van der Waals surface area contributed by atoms with Crippen LogP contribution < -0.4 is 0 Å². The largest absolute Gasteiger partial charge is 0.336 e. The second-order valence-corrected chi connectivity index (χ2v) is 6.31. The molecule has 0 aromatic carbocycles. The molecular weight excluding hydrogens is 202 g/mol. The highest BCUT2D eigenvalue weighted by atomic mass is 32.2. The van der Waals surface area contributed by atoms with Crippen molar-refractivity contribution in [3.8, 4) is 0 Å². The minimum absolute atomic E-state index is 0.0397. The second-order valence-electron chi connectivity index (χ2n) is 4.08. The van der Waals surface area contributed by atoms with Crippen LogP contribution in [0.3, 0.4) is 0 Å². The molecule has 0 saturated carbocycles. The van der Waals surface area contributed by atoms with E-state index in [4.69, 9.17) is 0 Å². The zero-order valence-electron chi connectivity index (χ0n) is 8.86. The van der Waals surface area contributed by atoms with Crippen molar-refractivity contribution in [2.75, 3.05) is 11.5 Å². The Hall–Kier alpha value is -0.580. The first-order valence-corrected chi connectivity index (χ1v) is 6.65. The molecule has 0 bridgehead atoms. The van der Waals surface area contributed by atoms with E-state index < -0.39 is 9.84 Å². The summed E-state index contributed by atoms with van der Waals surface area (Å²) < 4.78 is 22.5. The Morgan fingerprint density at radius 3 is 2.29 bits per heavy atom. The van der Waals surface area contributed by atoms with Gasteiger partial charge in [0.15, 0.2) is 9.84 Å². The van der Waals surface area contributed by atoms with Crippen LogP contribution in [-0.2, 0) is 14.6 Å². The molecule has 0 aromatic rings. The van der Waals surface area contributed by atoms with Crippen LogP contribution in [0.1, 0.15) is 27.2 Å². The fourth-order valence-electron chi connectivity index (χ4n) is 2.04. The summed E-state index contributed by atoms with van der Waals surface area (Å²) in [6.45, 7) is 5.31. The van der Waals surface area contributed by atoms with E-state index in [0.717, 1.165) is 0 Å². The lowest BCUT2D eigenvalue weighted by Gasteiger charge is -2.30. The summed E-state index contributed by atoms with van der Waals surface area (Å²) >= 11 is 0. The minimum atomic E-state index is -2.90. The topological polar surface area (TPSA) is 54.5 Å². The third kappa shape index (κ3) is 2.47. The molecule has 82 valence electrons. The van der Waals surface area contributed by atoms with Crippen molar-refractivity contribution < 1.29 is 13.2 Å². The lowest BCUT2D eigenvalue weighted by Crippen LogP contribution is -2.44. The highest BCUT2D eigenvalue weighted by molar-refractivity contribution is 7.91. The van der Waals surface area contributed by atoms with E-state index in [1.807, 2.05) is 13.8 Å². The maximum absolute atomic E-state index is 11.3. The van der Waals surface area contributed by atoms with E-state index in [0.29, 0.717) is 6.42 Å². The van der Waals surface area contributed by atoms with Gasteiger partial charge < -0.3 is 4.90 Å². The zero-order chi connectivity index (χ0) is 10.9. The van der Waals surface area contributed by atoms with Crippen LogP contribution in [0.2, 0.25) is 0 Å². The van der Waals surface area contributed by atoms with Gasteiger partial charge in [0.2, 0.25) is 5.91 Å². The zero-order valence-corrected chi connectivity index (χ0v) is 9.67. The summed E-state index contributed by atoms with van der Waals surface area (Å²) in [5.74, 6) is 0.306. The molecule has 5 heteroatoms. The van der Waals surface area contributed by atoms with Crippen molar-refractivity contribution >= 4 is 15.7 Å². The van der Waals surface area contributed by atoms with E-state index >= 15 is 0 Å². The van der Waals surface area contributed by atoms with Gasteiger partial charge in [-0.05, 0) is 20.3 Å². The molecule has 1 amide bonds. The summed E-state index contributed by atoms with van der Waals surface area (Å²) in [6.07, 6.45) is 0.583. The smallest absolute Gasteiger partial charge is 0.219 e. The first-order chi connectivity index (χ1) is 6.33. The SMILES string of the molecule is CC(=O)N(C(C)C)C1CCS(=O)(=O)C1. The molecule has 0 radical (unpaired) electrons. The molecule has 4 nitrogen and oxygen atoms in total. The maximum Gasteiger partial charge on any atom is 0.219 e. The number of carbonyl (C=O) groups excluding carboxylic acids is 1. The van der Waals surface area contributed by atoms with Gasteiger partial charge in [-0.2, -0.15) is 0 Å². The molecule has 1 unspecified atom stereocenters. The maximum atomic E-state index is 11.3. The Morgan fingerprint density at radius 1 is 1.43 bits per heavy atom. The fourth-order valence-corrected chi connectivity index (χ4v) is 3.75. The molecule has 0 aliphatic carbocycles. The first-order valence-electron chi connectivity index (χ1n) is 4.83. The summed E-state index contributed by atoms with van der Waals surface area (Å²) in [6, 6.07) is -0.0386. The van der Waals surface area contributed by atoms with E-state index in [-0.39, 0.29) is 29.5 Å². The van der Waals surface area contributed by atoms with Crippen molar-refractivity contribution in [3.05, 3.63) is 0 Å². The van der Waals surface area contributed by atoms with Crippen molar-refractivity contribution in [1.29, 1.82) is 0 Å². The van der Waals surface area contributed by atoms with E-state index in [2.05, 4.69) is 0 Å². The average molecular weight is 219 g/mol. The van der Waals surface area contributed by atoms with Gasteiger partial charge in [-0.3, -0.25) is 4.79 Å². The minimum Gasteiger partial charge on any atom is -0.336 e. The lowest BCUT2D eigenvalue weighted by atomic mass is 10.2. The average Bonchev–Trinajstić information content (AvgIpc) is 2.28. The third-order valence-electron chi connectivity index (χ3n) is 2.52. The van der Waals surface area contributed by atoms with Gasteiger partial charge in [0.25, 0.3) is 0 Å². The number of sulfone groups is 1. The van der Waals surface area contributed by atoms with Crippen LogP contribution in [0, 0.1) is 0 Å². The van der Waals surface area contributed by atoms with Crippen molar-refractivity contribution in [1.82, 2.24) is 4.90 Å². The number of rotatable bonds is 2. The summed E-state index contributed by atoms with van der Waals surface area (Å²) in [5, 5.41) is 0. The van der Waals surface area contributed by atoms with Gasteiger partial charge in [-0.25, -0.2) is 8.42 Å². The van der Waals surface area contributed by atoms with E-state index in [1.165, 1.54) is 6.92 Å². The van der Waals surface area contributed by atoms with Crippen molar-refractivity contribution in [2.24, 2.45) is 0 Å². The number of hydrogen-bond acceptors (Lipinski definition) is 3. The molecule has 0 N–H and O–H groups in total. The Labute approximate surface area is 85.2 Å². The predicted molar refractivity (Wildman–Crippen MR) is 54.7 cm³/mol. The van der Waals surface area contributed by atoms with Gasteiger partial charge in [0.05, 0.1) is 11.5 Å². The van der Waals surface area contributed by atoms with Gasteiger partial charge in [-0.15, -0.1) is 0 Å². The van der Waals surface area contributed by atoms with Crippen LogP contribution in [0.5, 0.6) is 0 Å². The predicted octanol–water partition coefficient (Wildman–Crippen LogP) is 0.430. The molecule has 0 spiro atoms. The van der Waals surface area contributed by atoms with Crippen LogP contribution in [0.25, 0.3) is 0 Å². The van der Waals surface area contributed by atoms with Gasteiger partial charge in [0.1, 0.15) is 0 Å².